The summed E-state index contributed by atoms with van der Waals surface area (Å²) in [5.74, 6) is -0.0940. The Balaban J connectivity index is 1.47. The maximum atomic E-state index is 12.7. The van der Waals surface area contributed by atoms with Crippen LogP contribution in [0.4, 0.5) is 11.4 Å². The van der Waals surface area contributed by atoms with Crippen LogP contribution in [0.25, 0.3) is 10.9 Å². The van der Waals surface area contributed by atoms with Crippen molar-refractivity contribution in [1.29, 1.82) is 0 Å². The van der Waals surface area contributed by atoms with Gasteiger partial charge in [-0.1, -0.05) is 18.2 Å². The van der Waals surface area contributed by atoms with Crippen LogP contribution in [0.2, 0.25) is 0 Å². The largest absolute Gasteiger partial charge is 0.358 e. The average Bonchev–Trinajstić information content (AvgIpc) is 3.01. The Morgan fingerprint density at radius 1 is 1.00 bits per heavy atom. The lowest BCUT2D eigenvalue weighted by Crippen LogP contribution is -2.28. The van der Waals surface area contributed by atoms with Gasteiger partial charge in [-0.05, 0) is 55.2 Å². The highest BCUT2D eigenvalue weighted by Gasteiger charge is 2.27. The fourth-order valence-corrected chi connectivity index (χ4v) is 3.68. The first kappa shape index (κ1) is 16.4. The Morgan fingerprint density at radius 3 is 2.42 bits per heavy atom. The number of nitrogens with one attached hydrogen (secondary N) is 3. The summed E-state index contributed by atoms with van der Waals surface area (Å²) in [6.07, 6.45) is 2.49. The predicted molar refractivity (Wildman–Crippen MR) is 103 cm³/mol. The zero-order valence-electron chi connectivity index (χ0n) is 14.6. The van der Waals surface area contributed by atoms with Crippen molar-refractivity contribution in [2.75, 3.05) is 10.6 Å². The van der Waals surface area contributed by atoms with Crippen molar-refractivity contribution in [3.63, 3.8) is 0 Å². The van der Waals surface area contributed by atoms with Crippen LogP contribution in [0.1, 0.15) is 24.6 Å². The summed E-state index contributed by atoms with van der Waals surface area (Å²) in [7, 11) is 0. The second-order valence-corrected chi connectivity index (χ2v) is 6.82. The van der Waals surface area contributed by atoms with Crippen molar-refractivity contribution < 1.29 is 9.59 Å². The highest BCUT2D eigenvalue weighted by Crippen LogP contribution is 2.32. The minimum Gasteiger partial charge on any atom is -0.358 e. The molecule has 0 fully saturated rings. The molecule has 0 aliphatic heterocycles. The molecule has 5 nitrogen and oxygen atoms in total. The number of carbonyl (C=O) groups excluding carboxylic acids is 2. The number of aromatic amines is 1. The van der Waals surface area contributed by atoms with E-state index in [1.54, 1.807) is 12.1 Å². The molecule has 1 aliphatic rings. The highest BCUT2D eigenvalue weighted by molar-refractivity contribution is 5.94. The number of anilines is 2. The van der Waals surface area contributed by atoms with Crippen LogP contribution in [0.15, 0.2) is 48.5 Å². The number of aryl methyl sites for hydroxylation is 1. The average molecular weight is 347 g/mol. The monoisotopic (exact) mass is 347 g/mol. The van der Waals surface area contributed by atoms with Gasteiger partial charge in [-0.2, -0.15) is 0 Å². The molecule has 2 aromatic carbocycles. The van der Waals surface area contributed by atoms with Gasteiger partial charge in [-0.3, -0.25) is 9.59 Å². The quantitative estimate of drug-likeness (QED) is 0.673. The summed E-state index contributed by atoms with van der Waals surface area (Å²) >= 11 is 0. The molecule has 1 atom stereocenters. The summed E-state index contributed by atoms with van der Waals surface area (Å²) in [5.41, 5.74) is 5.14. The zero-order chi connectivity index (χ0) is 18.1. The molecule has 5 heteroatoms. The lowest BCUT2D eigenvalue weighted by Gasteiger charge is -2.22. The standard InChI is InChI=1S/C21H21N3O2/c1-13(25)22-15-7-9-16(10-8-15)23-21(26)14-6-11-20-18(12-14)17-4-2-3-5-19(17)24-20/h2-5,7-10,14,24H,6,11-12H2,1H3,(H,22,25)(H,23,26). The Bertz CT molecular complexity index is 973. The molecule has 1 aromatic heterocycles. The molecule has 1 heterocycles. The Labute approximate surface area is 151 Å². The number of carbonyl (C=O) groups is 2. The van der Waals surface area contributed by atoms with Crippen molar-refractivity contribution in [3.05, 3.63) is 59.8 Å². The van der Waals surface area contributed by atoms with Gasteiger partial charge in [-0.25, -0.2) is 0 Å². The molecule has 3 aromatic rings. The SMILES string of the molecule is CC(=O)Nc1ccc(NC(=O)C2CCc3[nH]c4ccccc4c3C2)cc1. The van der Waals surface area contributed by atoms with Gasteiger partial charge in [0.2, 0.25) is 11.8 Å². The smallest absolute Gasteiger partial charge is 0.227 e. The van der Waals surface area contributed by atoms with Gasteiger partial charge in [0.25, 0.3) is 0 Å². The van der Waals surface area contributed by atoms with Crippen LogP contribution in [-0.4, -0.2) is 16.8 Å². The van der Waals surface area contributed by atoms with E-state index in [4.69, 9.17) is 0 Å². The lowest BCUT2D eigenvalue weighted by atomic mass is 9.86. The fourth-order valence-electron chi connectivity index (χ4n) is 3.68. The number of amides is 2. The molecule has 1 unspecified atom stereocenters. The van der Waals surface area contributed by atoms with Crippen molar-refractivity contribution in [2.45, 2.75) is 26.2 Å². The molecular weight excluding hydrogens is 326 g/mol. The van der Waals surface area contributed by atoms with E-state index in [9.17, 15) is 9.59 Å². The molecule has 0 radical (unpaired) electrons. The molecule has 132 valence electrons. The van der Waals surface area contributed by atoms with E-state index >= 15 is 0 Å². The Kier molecular flexibility index (Phi) is 4.21. The topological polar surface area (TPSA) is 74.0 Å². The van der Waals surface area contributed by atoms with E-state index in [2.05, 4.69) is 27.8 Å². The molecule has 0 bridgehead atoms. The van der Waals surface area contributed by atoms with E-state index in [0.29, 0.717) is 0 Å². The molecule has 1 aliphatic carbocycles. The molecule has 3 N–H and O–H groups in total. The maximum absolute atomic E-state index is 12.7. The van der Waals surface area contributed by atoms with Crippen LogP contribution in [0.3, 0.4) is 0 Å². The van der Waals surface area contributed by atoms with Gasteiger partial charge in [0.15, 0.2) is 0 Å². The minimum absolute atomic E-state index is 0.0308. The van der Waals surface area contributed by atoms with Crippen LogP contribution in [0.5, 0.6) is 0 Å². The third-order valence-electron chi connectivity index (χ3n) is 4.94. The van der Waals surface area contributed by atoms with Gasteiger partial charge < -0.3 is 15.6 Å². The second kappa shape index (κ2) is 6.67. The summed E-state index contributed by atoms with van der Waals surface area (Å²) in [4.78, 5) is 27.3. The van der Waals surface area contributed by atoms with Crippen molar-refractivity contribution >= 4 is 34.1 Å². The Morgan fingerprint density at radius 2 is 1.69 bits per heavy atom. The normalized spacial score (nSPS) is 16.1. The number of hydrogen-bond donors (Lipinski definition) is 3. The van der Waals surface area contributed by atoms with Crippen LogP contribution < -0.4 is 10.6 Å². The zero-order valence-corrected chi connectivity index (χ0v) is 14.6. The number of hydrogen-bond acceptors (Lipinski definition) is 2. The first-order chi connectivity index (χ1) is 12.6. The highest BCUT2D eigenvalue weighted by atomic mass is 16.2. The number of aromatic nitrogens is 1. The fraction of sp³-hybridized carbons (Fsp3) is 0.238. The van der Waals surface area contributed by atoms with Crippen LogP contribution in [-0.2, 0) is 22.4 Å². The third-order valence-corrected chi connectivity index (χ3v) is 4.94. The molecular formula is C21H21N3O2. The van der Waals surface area contributed by atoms with Crippen LogP contribution >= 0.6 is 0 Å². The molecule has 0 saturated heterocycles. The number of rotatable bonds is 3. The molecule has 26 heavy (non-hydrogen) atoms. The van der Waals surface area contributed by atoms with Crippen LogP contribution in [0, 0.1) is 5.92 Å². The van der Waals surface area contributed by atoms with E-state index < -0.39 is 0 Å². The van der Waals surface area contributed by atoms with Gasteiger partial charge >= 0.3 is 0 Å². The van der Waals surface area contributed by atoms with E-state index in [0.717, 1.165) is 36.2 Å². The summed E-state index contributed by atoms with van der Waals surface area (Å²) in [6, 6.07) is 15.5. The summed E-state index contributed by atoms with van der Waals surface area (Å²) < 4.78 is 0. The Hall–Kier alpha value is -3.08. The first-order valence-corrected chi connectivity index (χ1v) is 8.87. The molecule has 0 saturated carbocycles. The number of para-hydroxylation sites is 1. The van der Waals surface area contributed by atoms with E-state index in [1.165, 1.54) is 23.6 Å². The first-order valence-electron chi connectivity index (χ1n) is 8.87. The van der Waals surface area contributed by atoms with Crippen molar-refractivity contribution in [1.82, 2.24) is 4.98 Å². The van der Waals surface area contributed by atoms with Gasteiger partial charge in [0.05, 0.1) is 0 Å². The maximum Gasteiger partial charge on any atom is 0.227 e. The number of H-pyrrole nitrogens is 1. The predicted octanol–water partition coefficient (Wildman–Crippen LogP) is 3.87. The van der Waals surface area contributed by atoms with Gasteiger partial charge in [-0.15, -0.1) is 0 Å². The third kappa shape index (κ3) is 3.20. The number of benzene rings is 2. The van der Waals surface area contributed by atoms with Gasteiger partial charge in [0, 0.05) is 40.8 Å². The summed E-state index contributed by atoms with van der Waals surface area (Å²) in [6.45, 7) is 1.47. The summed E-state index contributed by atoms with van der Waals surface area (Å²) in [5, 5.41) is 6.94. The minimum atomic E-state index is -0.112. The van der Waals surface area contributed by atoms with Crippen molar-refractivity contribution in [3.8, 4) is 0 Å². The molecule has 2 amide bonds. The van der Waals surface area contributed by atoms with Gasteiger partial charge in [0.1, 0.15) is 0 Å². The number of fused-ring (bicyclic) bond motifs is 3. The van der Waals surface area contributed by atoms with E-state index in [1.807, 2.05) is 24.3 Å². The van der Waals surface area contributed by atoms with E-state index in [-0.39, 0.29) is 17.7 Å². The molecule has 0 spiro atoms. The second-order valence-electron chi connectivity index (χ2n) is 6.82. The molecule has 4 rings (SSSR count). The lowest BCUT2D eigenvalue weighted by molar-refractivity contribution is -0.120. The van der Waals surface area contributed by atoms with Crippen molar-refractivity contribution in [2.24, 2.45) is 5.92 Å².